The third kappa shape index (κ3) is 3.14. The maximum Gasteiger partial charge on any atom is 0.252 e. The zero-order chi connectivity index (χ0) is 16.5. The van der Waals surface area contributed by atoms with Gasteiger partial charge in [0.15, 0.2) is 0 Å². The van der Waals surface area contributed by atoms with Crippen molar-refractivity contribution in [1.29, 1.82) is 0 Å². The van der Waals surface area contributed by atoms with Gasteiger partial charge in [0.2, 0.25) is 0 Å². The minimum Gasteiger partial charge on any atom is -0.368 e. The number of hydrogen-bond donors (Lipinski definition) is 1. The molecule has 4 nitrogen and oxygen atoms in total. The van der Waals surface area contributed by atoms with Crippen LogP contribution in [-0.2, 0) is 4.79 Å². The molecule has 6 heteroatoms. The Morgan fingerprint density at radius 1 is 1.25 bits per heavy atom. The molecule has 0 radical (unpaired) electrons. The number of allylic oxidation sites excluding steroid dienone is 1. The van der Waals surface area contributed by atoms with E-state index in [0.29, 0.717) is 13.6 Å². The van der Waals surface area contributed by atoms with Crippen molar-refractivity contribution >= 4 is 31.4 Å². The number of carbonyl (C=O) groups is 1. The van der Waals surface area contributed by atoms with E-state index in [2.05, 4.69) is 22.4 Å². The average Bonchev–Trinajstić information content (AvgIpc) is 2.62. The highest BCUT2D eigenvalue weighted by molar-refractivity contribution is 7.51. The fourth-order valence-corrected chi connectivity index (χ4v) is 4.77. The summed E-state index contributed by atoms with van der Waals surface area (Å²) in [4.78, 5) is 16.8. The van der Waals surface area contributed by atoms with E-state index >= 15 is 0 Å². The molecule has 1 N–H and O–H groups in total. The van der Waals surface area contributed by atoms with Crippen LogP contribution < -0.4 is 5.32 Å². The summed E-state index contributed by atoms with van der Waals surface area (Å²) in [5.41, 5.74) is 2.17. The Morgan fingerprint density at radius 3 is 2.88 bits per heavy atom. The average molecular weight is 360 g/mol. The Balaban J connectivity index is 1.58. The van der Waals surface area contributed by atoms with E-state index in [-0.39, 0.29) is 11.7 Å². The van der Waals surface area contributed by atoms with Crippen LogP contribution in [0.1, 0.15) is 5.56 Å². The van der Waals surface area contributed by atoms with Gasteiger partial charge in [-0.15, -0.1) is 0 Å². The molecule has 0 aromatic heterocycles. The Bertz CT molecular complexity index is 752. The number of nitrogens with one attached hydrogen (secondary N) is 1. The van der Waals surface area contributed by atoms with Crippen molar-refractivity contribution in [2.75, 3.05) is 26.2 Å². The van der Waals surface area contributed by atoms with E-state index in [1.165, 1.54) is 0 Å². The maximum absolute atomic E-state index is 12.6. The highest BCUT2D eigenvalue weighted by Crippen LogP contribution is 2.44. The number of benzene rings is 1. The first-order valence-corrected chi connectivity index (χ1v) is 9.58. The van der Waals surface area contributed by atoms with Crippen molar-refractivity contribution in [3.05, 3.63) is 65.0 Å². The number of nitrogens with zero attached hydrogens (tertiary/aromatic N) is 2. The van der Waals surface area contributed by atoms with E-state index in [9.17, 15) is 4.79 Å². The van der Waals surface area contributed by atoms with Crippen molar-refractivity contribution in [2.24, 2.45) is 0 Å². The summed E-state index contributed by atoms with van der Waals surface area (Å²) in [5.74, 6) is 0.161. The second kappa shape index (κ2) is 6.72. The lowest BCUT2D eigenvalue weighted by Crippen LogP contribution is -2.44. The van der Waals surface area contributed by atoms with Crippen LogP contribution in [0.5, 0.6) is 0 Å². The molecule has 0 saturated carbocycles. The van der Waals surface area contributed by atoms with Crippen molar-refractivity contribution in [3.63, 3.8) is 0 Å². The lowest BCUT2D eigenvalue weighted by atomic mass is 10.2. The fourth-order valence-electron chi connectivity index (χ4n) is 3.20. The molecule has 4 rings (SSSR count). The second-order valence-corrected chi connectivity index (χ2v) is 7.91. The van der Waals surface area contributed by atoms with Crippen LogP contribution in [0.25, 0.3) is 5.31 Å². The normalized spacial score (nSPS) is 24.7. The van der Waals surface area contributed by atoms with Gasteiger partial charge in [0.05, 0.1) is 11.5 Å². The molecule has 2 unspecified atom stereocenters. The third-order valence-electron chi connectivity index (χ3n) is 4.46. The Morgan fingerprint density at radius 2 is 2.08 bits per heavy atom. The van der Waals surface area contributed by atoms with Gasteiger partial charge >= 0.3 is 0 Å². The quantitative estimate of drug-likeness (QED) is 0.825. The molecule has 1 amide bonds. The van der Waals surface area contributed by atoms with Crippen LogP contribution in [0.4, 0.5) is 0 Å². The van der Waals surface area contributed by atoms with Gasteiger partial charge in [0, 0.05) is 43.5 Å². The zero-order valence-corrected chi connectivity index (χ0v) is 15.0. The van der Waals surface area contributed by atoms with E-state index in [0.717, 1.165) is 42.8 Å². The predicted octanol–water partition coefficient (Wildman–Crippen LogP) is 2.84. The molecule has 24 heavy (non-hydrogen) atoms. The van der Waals surface area contributed by atoms with Crippen LogP contribution in [0.15, 0.2) is 54.4 Å². The lowest BCUT2D eigenvalue weighted by molar-refractivity contribution is -0.123. The zero-order valence-electron chi connectivity index (χ0n) is 13.2. The molecule has 1 aromatic carbocycles. The molecule has 3 heterocycles. The van der Waals surface area contributed by atoms with E-state index in [4.69, 9.17) is 11.6 Å². The summed E-state index contributed by atoms with van der Waals surface area (Å²) in [7, 11) is 0.526. The van der Waals surface area contributed by atoms with Gasteiger partial charge in [0.1, 0.15) is 0 Å². The number of piperazine rings is 1. The molecule has 1 saturated heterocycles. The van der Waals surface area contributed by atoms with Crippen molar-refractivity contribution < 1.29 is 4.79 Å². The van der Waals surface area contributed by atoms with Gasteiger partial charge in [-0.3, -0.25) is 4.79 Å². The topological polar surface area (TPSA) is 35.6 Å². The summed E-state index contributed by atoms with van der Waals surface area (Å²) >= 11 is 6.09. The van der Waals surface area contributed by atoms with Gasteiger partial charge in [-0.1, -0.05) is 38.4 Å². The maximum atomic E-state index is 12.6. The first-order chi connectivity index (χ1) is 11.7. The summed E-state index contributed by atoms with van der Waals surface area (Å²) in [6.07, 6.45) is 8.08. The fraction of sp³-hybridized carbons (Fsp3) is 0.278. The van der Waals surface area contributed by atoms with Gasteiger partial charge in [-0.05, 0) is 29.1 Å². The Hall–Kier alpha value is -1.61. The molecular weight excluding hydrogens is 341 g/mol. The van der Waals surface area contributed by atoms with Crippen molar-refractivity contribution in [3.8, 4) is 0 Å². The standard InChI is InChI=1S/C18H19ClN3OP/c19-14-3-1-2-13(10-14)16-11-17(23)22-12-15(4-5-18(22)24-16)21-8-6-20-7-9-21/h1-5,10-12,18,20,24H,6-9H2. The third-order valence-corrected chi connectivity index (χ3v) is 6.21. The number of carbonyl (C=O) groups excluding carboxylic acids is 1. The largest absolute Gasteiger partial charge is 0.368 e. The van der Waals surface area contributed by atoms with E-state index in [1.807, 2.05) is 35.4 Å². The smallest absolute Gasteiger partial charge is 0.252 e. The summed E-state index contributed by atoms with van der Waals surface area (Å²) in [5, 5.41) is 5.13. The van der Waals surface area contributed by atoms with Crippen LogP contribution in [-0.4, -0.2) is 47.7 Å². The second-order valence-electron chi connectivity index (χ2n) is 6.05. The lowest BCUT2D eigenvalue weighted by Gasteiger charge is -2.37. The van der Waals surface area contributed by atoms with Crippen molar-refractivity contribution in [1.82, 2.24) is 15.1 Å². The molecule has 3 aliphatic rings. The molecule has 1 aromatic rings. The number of fused-ring (bicyclic) bond motifs is 1. The monoisotopic (exact) mass is 359 g/mol. The minimum atomic E-state index is 0.0470. The van der Waals surface area contributed by atoms with Gasteiger partial charge in [-0.2, -0.15) is 0 Å². The molecule has 2 atom stereocenters. The predicted molar refractivity (Wildman–Crippen MR) is 100 cm³/mol. The summed E-state index contributed by atoms with van der Waals surface area (Å²) in [6.45, 7) is 3.94. The van der Waals surface area contributed by atoms with Crippen LogP contribution in [0, 0.1) is 0 Å². The van der Waals surface area contributed by atoms with E-state index in [1.54, 1.807) is 6.08 Å². The number of halogens is 1. The Labute approximate surface area is 148 Å². The molecular formula is C18H19ClN3OP. The van der Waals surface area contributed by atoms with Crippen LogP contribution in [0.2, 0.25) is 5.02 Å². The van der Waals surface area contributed by atoms with Gasteiger partial charge in [0.25, 0.3) is 5.91 Å². The highest BCUT2D eigenvalue weighted by atomic mass is 35.5. The number of rotatable bonds is 2. The Kier molecular flexibility index (Phi) is 4.45. The highest BCUT2D eigenvalue weighted by Gasteiger charge is 2.29. The molecule has 1 fully saturated rings. The first-order valence-electron chi connectivity index (χ1n) is 8.13. The number of amides is 1. The summed E-state index contributed by atoms with van der Waals surface area (Å²) < 4.78 is 0. The summed E-state index contributed by atoms with van der Waals surface area (Å²) in [6, 6.07) is 7.73. The van der Waals surface area contributed by atoms with Gasteiger partial charge in [-0.25, -0.2) is 0 Å². The molecule has 0 bridgehead atoms. The number of hydrogen-bond acceptors (Lipinski definition) is 3. The van der Waals surface area contributed by atoms with E-state index < -0.39 is 0 Å². The minimum absolute atomic E-state index is 0.0470. The molecule has 0 spiro atoms. The molecule has 124 valence electrons. The molecule has 0 aliphatic carbocycles. The SMILES string of the molecule is O=C1C=C(c2cccc(Cl)c2)PC2C=CC(N3CCNCC3)=CN12. The van der Waals surface area contributed by atoms with Crippen LogP contribution in [0.3, 0.4) is 0 Å². The first kappa shape index (κ1) is 15.9. The van der Waals surface area contributed by atoms with Crippen LogP contribution >= 0.6 is 20.2 Å². The molecule has 3 aliphatic heterocycles. The van der Waals surface area contributed by atoms with Crippen molar-refractivity contribution in [2.45, 2.75) is 5.78 Å². The van der Waals surface area contributed by atoms with Gasteiger partial charge < -0.3 is 15.1 Å².